The molecule has 0 saturated carbocycles. The summed E-state index contributed by atoms with van der Waals surface area (Å²) in [4.78, 5) is 4.49. The van der Waals surface area contributed by atoms with Crippen LogP contribution < -0.4 is 5.32 Å². The molecule has 0 aliphatic carbocycles. The maximum atomic E-state index is 4.49. The van der Waals surface area contributed by atoms with Crippen LogP contribution in [0.1, 0.15) is 10.6 Å². The first-order chi connectivity index (χ1) is 9.70. The van der Waals surface area contributed by atoms with E-state index in [1.165, 1.54) is 5.56 Å². The highest BCUT2D eigenvalue weighted by molar-refractivity contribution is 7.09. The lowest BCUT2D eigenvalue weighted by Crippen LogP contribution is -1.98. The number of hydrogen-bond acceptors (Lipinski definition) is 4. The third-order valence-corrected chi connectivity index (χ3v) is 3.83. The number of aryl methyl sites for hydroxylation is 2. The van der Waals surface area contributed by atoms with E-state index in [9.17, 15) is 0 Å². The molecule has 5 heteroatoms. The summed E-state index contributed by atoms with van der Waals surface area (Å²) in [5, 5.41) is 10.7. The number of nitrogens with zero attached hydrogens (tertiary/aromatic N) is 3. The predicted molar refractivity (Wildman–Crippen MR) is 82.8 cm³/mol. The van der Waals surface area contributed by atoms with Gasteiger partial charge in [0, 0.05) is 42.0 Å². The van der Waals surface area contributed by atoms with E-state index in [0.717, 1.165) is 28.5 Å². The zero-order chi connectivity index (χ0) is 13.9. The summed E-state index contributed by atoms with van der Waals surface area (Å²) in [5.74, 6) is 0. The van der Waals surface area contributed by atoms with Crippen LogP contribution >= 0.6 is 11.3 Å². The van der Waals surface area contributed by atoms with E-state index < -0.39 is 0 Å². The lowest BCUT2D eigenvalue weighted by Gasteiger charge is -2.05. The van der Waals surface area contributed by atoms with Gasteiger partial charge in [-0.05, 0) is 19.1 Å². The van der Waals surface area contributed by atoms with Crippen LogP contribution in [0.4, 0.5) is 5.69 Å². The second kappa shape index (κ2) is 5.46. The second-order valence-corrected chi connectivity index (χ2v) is 5.77. The Bertz CT molecular complexity index is 697. The molecule has 2 heterocycles. The Morgan fingerprint density at radius 1 is 1.25 bits per heavy atom. The first-order valence-corrected chi connectivity index (χ1v) is 7.32. The molecule has 0 radical (unpaired) electrons. The van der Waals surface area contributed by atoms with Gasteiger partial charge in [0.05, 0.1) is 16.9 Å². The smallest absolute Gasteiger partial charge is 0.0901 e. The predicted octanol–water partition coefficient (Wildman–Crippen LogP) is 3.46. The molecule has 0 bridgehead atoms. The van der Waals surface area contributed by atoms with Gasteiger partial charge in [0.1, 0.15) is 0 Å². The molecule has 3 aromatic rings. The van der Waals surface area contributed by atoms with E-state index >= 15 is 0 Å². The molecule has 20 heavy (non-hydrogen) atoms. The van der Waals surface area contributed by atoms with Crippen LogP contribution in [0.3, 0.4) is 0 Å². The molecule has 3 rings (SSSR count). The number of hydrogen-bond donors (Lipinski definition) is 1. The van der Waals surface area contributed by atoms with Gasteiger partial charge in [0.25, 0.3) is 0 Å². The fourth-order valence-corrected chi connectivity index (χ4v) is 2.64. The van der Waals surface area contributed by atoms with Gasteiger partial charge in [-0.3, -0.25) is 4.68 Å². The van der Waals surface area contributed by atoms with E-state index in [1.54, 1.807) is 11.3 Å². The fourth-order valence-electron chi connectivity index (χ4n) is 2.02. The van der Waals surface area contributed by atoms with Crippen LogP contribution in [0.5, 0.6) is 0 Å². The molecule has 0 fully saturated rings. The summed E-state index contributed by atoms with van der Waals surface area (Å²) in [6.07, 6.45) is 3.89. The summed E-state index contributed by atoms with van der Waals surface area (Å²) >= 11 is 1.68. The van der Waals surface area contributed by atoms with E-state index in [4.69, 9.17) is 0 Å². The normalized spacial score (nSPS) is 10.7. The summed E-state index contributed by atoms with van der Waals surface area (Å²) in [6.45, 7) is 2.81. The summed E-state index contributed by atoms with van der Waals surface area (Å²) in [7, 11) is 1.92. The van der Waals surface area contributed by atoms with Crippen molar-refractivity contribution in [3.05, 3.63) is 52.6 Å². The molecule has 0 aliphatic heterocycles. The maximum absolute atomic E-state index is 4.49. The van der Waals surface area contributed by atoms with Crippen LogP contribution in [0.15, 0.2) is 42.0 Å². The number of benzene rings is 1. The van der Waals surface area contributed by atoms with Gasteiger partial charge in [-0.1, -0.05) is 12.1 Å². The molecule has 1 aromatic carbocycles. The minimum Gasteiger partial charge on any atom is -0.381 e. The third kappa shape index (κ3) is 2.88. The van der Waals surface area contributed by atoms with Crippen molar-refractivity contribution in [2.45, 2.75) is 13.5 Å². The molecule has 2 aromatic heterocycles. The molecule has 4 nitrogen and oxygen atoms in total. The average Bonchev–Trinajstić information content (AvgIpc) is 3.06. The van der Waals surface area contributed by atoms with Crippen molar-refractivity contribution in [2.24, 2.45) is 7.05 Å². The number of anilines is 1. The quantitative estimate of drug-likeness (QED) is 0.797. The average molecular weight is 284 g/mol. The van der Waals surface area contributed by atoms with Crippen molar-refractivity contribution in [3.8, 4) is 11.3 Å². The van der Waals surface area contributed by atoms with E-state index in [0.29, 0.717) is 0 Å². The largest absolute Gasteiger partial charge is 0.381 e. The first kappa shape index (κ1) is 12.9. The molecule has 0 spiro atoms. The zero-order valence-electron chi connectivity index (χ0n) is 11.5. The van der Waals surface area contributed by atoms with Crippen LogP contribution in [0.25, 0.3) is 11.3 Å². The van der Waals surface area contributed by atoms with Gasteiger partial charge in [-0.15, -0.1) is 11.3 Å². The van der Waals surface area contributed by atoms with Gasteiger partial charge in [0.15, 0.2) is 0 Å². The highest BCUT2D eigenvalue weighted by Crippen LogP contribution is 2.23. The van der Waals surface area contributed by atoms with E-state index in [1.807, 2.05) is 31.0 Å². The van der Waals surface area contributed by atoms with Crippen molar-refractivity contribution >= 4 is 17.0 Å². The molecular formula is C15H16N4S. The molecule has 0 saturated heterocycles. The molecule has 0 atom stereocenters. The van der Waals surface area contributed by atoms with Crippen molar-refractivity contribution in [2.75, 3.05) is 5.32 Å². The number of rotatable bonds is 4. The zero-order valence-corrected chi connectivity index (χ0v) is 12.3. The van der Waals surface area contributed by atoms with Crippen LogP contribution in [-0.2, 0) is 13.6 Å². The Morgan fingerprint density at radius 3 is 2.65 bits per heavy atom. The van der Waals surface area contributed by atoms with Crippen LogP contribution in [0.2, 0.25) is 0 Å². The Kier molecular flexibility index (Phi) is 3.52. The van der Waals surface area contributed by atoms with Crippen LogP contribution in [0, 0.1) is 6.92 Å². The van der Waals surface area contributed by atoms with Crippen molar-refractivity contribution in [1.82, 2.24) is 14.8 Å². The van der Waals surface area contributed by atoms with Gasteiger partial charge in [-0.25, -0.2) is 4.98 Å². The Morgan fingerprint density at radius 2 is 2.05 bits per heavy atom. The minimum atomic E-state index is 0.781. The molecule has 0 unspecified atom stereocenters. The minimum absolute atomic E-state index is 0.781. The second-order valence-electron chi connectivity index (χ2n) is 4.70. The van der Waals surface area contributed by atoms with Crippen molar-refractivity contribution < 1.29 is 0 Å². The van der Waals surface area contributed by atoms with E-state index in [2.05, 4.69) is 45.0 Å². The highest BCUT2D eigenvalue weighted by Gasteiger charge is 2.02. The van der Waals surface area contributed by atoms with Gasteiger partial charge in [-0.2, -0.15) is 5.10 Å². The number of thiazole rings is 1. The lowest BCUT2D eigenvalue weighted by molar-refractivity contribution is 0.767. The highest BCUT2D eigenvalue weighted by atomic mass is 32.1. The molecular weight excluding hydrogens is 268 g/mol. The maximum Gasteiger partial charge on any atom is 0.0901 e. The number of aromatic nitrogens is 3. The molecule has 0 amide bonds. The fraction of sp³-hybridized carbons (Fsp3) is 0.200. The van der Waals surface area contributed by atoms with Crippen molar-refractivity contribution in [1.29, 1.82) is 0 Å². The first-order valence-electron chi connectivity index (χ1n) is 6.45. The topological polar surface area (TPSA) is 42.7 Å². The van der Waals surface area contributed by atoms with Crippen LogP contribution in [-0.4, -0.2) is 14.8 Å². The third-order valence-electron chi connectivity index (χ3n) is 3.05. The Labute approximate surface area is 122 Å². The molecule has 1 N–H and O–H groups in total. The SMILES string of the molecule is Cc1nc(-c2ccc(NCc3cnn(C)c3)cc2)cs1. The number of nitrogens with one attached hydrogen (secondary N) is 1. The summed E-state index contributed by atoms with van der Waals surface area (Å²) in [5.41, 5.74) is 4.48. The Balaban J connectivity index is 1.67. The lowest BCUT2D eigenvalue weighted by atomic mass is 10.1. The van der Waals surface area contributed by atoms with Gasteiger partial charge >= 0.3 is 0 Å². The summed E-state index contributed by atoms with van der Waals surface area (Å²) < 4.78 is 1.81. The monoisotopic (exact) mass is 284 g/mol. The Hall–Kier alpha value is -2.14. The van der Waals surface area contributed by atoms with Gasteiger partial charge in [0.2, 0.25) is 0 Å². The van der Waals surface area contributed by atoms with Gasteiger partial charge < -0.3 is 5.32 Å². The summed E-state index contributed by atoms with van der Waals surface area (Å²) in [6, 6.07) is 8.36. The van der Waals surface area contributed by atoms with Crippen molar-refractivity contribution in [3.63, 3.8) is 0 Å². The van der Waals surface area contributed by atoms with E-state index in [-0.39, 0.29) is 0 Å². The molecule has 102 valence electrons. The standard InChI is InChI=1S/C15H16N4S/c1-11-18-15(10-20-11)13-3-5-14(6-4-13)16-7-12-8-17-19(2)9-12/h3-6,8-10,16H,7H2,1-2H3. The molecule has 0 aliphatic rings.